The first-order valence-corrected chi connectivity index (χ1v) is 7.13. The van der Waals surface area contributed by atoms with Crippen LogP contribution >= 0.6 is 11.6 Å². The van der Waals surface area contributed by atoms with Crippen molar-refractivity contribution in [1.82, 2.24) is 14.9 Å². The number of hydrogen-bond acceptors (Lipinski definition) is 6. The fourth-order valence-corrected chi connectivity index (χ4v) is 3.49. The fourth-order valence-electron chi connectivity index (χ4n) is 3.28. The smallest absolute Gasteiger partial charge is 0.332 e. The van der Waals surface area contributed by atoms with Crippen LogP contribution in [0.25, 0.3) is 0 Å². The highest BCUT2D eigenvalue weighted by molar-refractivity contribution is 6.28. The minimum Gasteiger partial charge on any atom is -0.360 e. The Morgan fingerprint density at radius 2 is 2.20 bits per heavy atom. The van der Waals surface area contributed by atoms with Gasteiger partial charge in [-0.2, -0.15) is 4.98 Å². The lowest BCUT2D eigenvalue weighted by molar-refractivity contribution is -0.385. The lowest BCUT2D eigenvalue weighted by atomic mass is 10.1. The van der Waals surface area contributed by atoms with Gasteiger partial charge in [-0.05, 0) is 44.3 Å². The average molecular weight is 298 g/mol. The molecule has 3 rings (SSSR count). The first-order valence-electron chi connectivity index (χ1n) is 6.75. The summed E-state index contributed by atoms with van der Waals surface area (Å²) in [5, 5.41) is 14.5. The predicted molar refractivity (Wildman–Crippen MR) is 75.1 cm³/mol. The third-order valence-electron chi connectivity index (χ3n) is 4.14. The van der Waals surface area contributed by atoms with Gasteiger partial charge in [0.15, 0.2) is 0 Å². The zero-order valence-electron chi connectivity index (χ0n) is 11.2. The molecule has 0 bridgehead atoms. The molecule has 0 radical (unpaired) electrons. The summed E-state index contributed by atoms with van der Waals surface area (Å²) >= 11 is 5.83. The van der Waals surface area contributed by atoms with Gasteiger partial charge in [-0.3, -0.25) is 15.0 Å². The van der Waals surface area contributed by atoms with Crippen molar-refractivity contribution >= 4 is 23.1 Å². The number of fused-ring (bicyclic) bond motifs is 1. The van der Waals surface area contributed by atoms with Crippen LogP contribution in [0.4, 0.5) is 11.5 Å². The molecule has 1 aromatic rings. The molecule has 0 aliphatic carbocycles. The first kappa shape index (κ1) is 13.5. The number of nitrogens with one attached hydrogen (secondary N) is 1. The zero-order valence-corrected chi connectivity index (χ0v) is 11.9. The third-order valence-corrected chi connectivity index (χ3v) is 4.31. The molecule has 2 atom stereocenters. The molecule has 0 spiro atoms. The van der Waals surface area contributed by atoms with Gasteiger partial charge < -0.3 is 5.32 Å². The van der Waals surface area contributed by atoms with Gasteiger partial charge in [-0.25, -0.2) is 4.98 Å². The standard InChI is InChI=1S/C12H16ClN5O2/c1-7-10(18(19)20)11(16-12(13)14-7)15-8-4-6-17-5-2-3-9(8)17/h8-9H,2-6H2,1H3,(H,14,15,16). The van der Waals surface area contributed by atoms with Crippen molar-refractivity contribution in [1.29, 1.82) is 0 Å². The van der Waals surface area contributed by atoms with Crippen molar-refractivity contribution < 1.29 is 4.92 Å². The Hall–Kier alpha value is -1.47. The van der Waals surface area contributed by atoms with E-state index in [-0.39, 0.29) is 22.8 Å². The lowest BCUT2D eigenvalue weighted by Gasteiger charge is -2.21. The van der Waals surface area contributed by atoms with Crippen molar-refractivity contribution in [3.8, 4) is 0 Å². The summed E-state index contributed by atoms with van der Waals surface area (Å²) in [4.78, 5) is 21.0. The summed E-state index contributed by atoms with van der Waals surface area (Å²) in [6.45, 7) is 3.73. The predicted octanol–water partition coefficient (Wildman–Crippen LogP) is 2.00. The van der Waals surface area contributed by atoms with Gasteiger partial charge in [0.05, 0.1) is 4.92 Å². The van der Waals surface area contributed by atoms with Crippen molar-refractivity contribution in [2.75, 3.05) is 18.4 Å². The second-order valence-corrected chi connectivity index (χ2v) is 5.66. The number of anilines is 1. The molecule has 2 aliphatic heterocycles. The Kier molecular flexibility index (Phi) is 3.47. The number of rotatable bonds is 3. The van der Waals surface area contributed by atoms with Gasteiger partial charge in [-0.1, -0.05) is 0 Å². The Morgan fingerprint density at radius 1 is 1.40 bits per heavy atom. The van der Waals surface area contributed by atoms with Crippen LogP contribution in [0.1, 0.15) is 25.0 Å². The van der Waals surface area contributed by atoms with Crippen molar-refractivity contribution in [2.24, 2.45) is 0 Å². The van der Waals surface area contributed by atoms with E-state index in [1.807, 2.05) is 0 Å². The maximum atomic E-state index is 11.2. The molecule has 0 aromatic carbocycles. The van der Waals surface area contributed by atoms with E-state index in [0.717, 1.165) is 25.9 Å². The Morgan fingerprint density at radius 3 is 2.95 bits per heavy atom. The average Bonchev–Trinajstić information content (AvgIpc) is 2.92. The highest BCUT2D eigenvalue weighted by Gasteiger charge is 2.38. The first-order chi connectivity index (χ1) is 9.56. The molecule has 108 valence electrons. The van der Waals surface area contributed by atoms with Gasteiger partial charge in [0.2, 0.25) is 11.1 Å². The van der Waals surface area contributed by atoms with Crippen molar-refractivity contribution in [2.45, 2.75) is 38.3 Å². The summed E-state index contributed by atoms with van der Waals surface area (Å²) in [6, 6.07) is 0.644. The number of aryl methyl sites for hydroxylation is 1. The highest BCUT2D eigenvalue weighted by atomic mass is 35.5. The fraction of sp³-hybridized carbons (Fsp3) is 0.667. The van der Waals surface area contributed by atoms with Gasteiger partial charge in [0.25, 0.3) is 0 Å². The SMILES string of the molecule is Cc1nc(Cl)nc(NC2CCN3CCCC23)c1[N+](=O)[O-]. The van der Waals surface area contributed by atoms with Crippen LogP contribution in [-0.4, -0.2) is 45.0 Å². The quantitative estimate of drug-likeness (QED) is 0.522. The van der Waals surface area contributed by atoms with E-state index in [4.69, 9.17) is 11.6 Å². The van der Waals surface area contributed by atoms with Crippen LogP contribution in [0, 0.1) is 17.0 Å². The third kappa shape index (κ3) is 2.31. The summed E-state index contributed by atoms with van der Waals surface area (Å²) in [5.74, 6) is 0.242. The Balaban J connectivity index is 1.88. The molecular formula is C12H16ClN5O2. The molecular weight excluding hydrogens is 282 g/mol. The van der Waals surface area contributed by atoms with Crippen molar-refractivity contribution in [3.05, 3.63) is 21.1 Å². The molecule has 2 unspecified atom stereocenters. The molecule has 2 aliphatic rings. The van der Waals surface area contributed by atoms with E-state index in [2.05, 4.69) is 20.2 Å². The van der Waals surface area contributed by atoms with Crippen LogP contribution in [-0.2, 0) is 0 Å². The summed E-state index contributed by atoms with van der Waals surface area (Å²) in [6.07, 6.45) is 3.29. The second kappa shape index (κ2) is 5.14. The van der Waals surface area contributed by atoms with Gasteiger partial charge in [-0.15, -0.1) is 0 Å². The maximum Gasteiger partial charge on any atom is 0.332 e. The molecule has 7 nitrogen and oxygen atoms in total. The van der Waals surface area contributed by atoms with E-state index in [0.29, 0.717) is 11.7 Å². The van der Waals surface area contributed by atoms with Crippen LogP contribution in [0.15, 0.2) is 0 Å². The monoisotopic (exact) mass is 297 g/mol. The topological polar surface area (TPSA) is 84.2 Å². The molecule has 1 N–H and O–H groups in total. The Bertz CT molecular complexity index is 553. The molecule has 20 heavy (non-hydrogen) atoms. The largest absolute Gasteiger partial charge is 0.360 e. The normalized spacial score (nSPS) is 25.7. The Labute approximate surface area is 121 Å². The summed E-state index contributed by atoms with van der Waals surface area (Å²) < 4.78 is 0. The van der Waals surface area contributed by atoms with Crippen LogP contribution in [0.5, 0.6) is 0 Å². The van der Waals surface area contributed by atoms with E-state index in [9.17, 15) is 10.1 Å². The number of aromatic nitrogens is 2. The lowest BCUT2D eigenvalue weighted by Crippen LogP contribution is -2.34. The van der Waals surface area contributed by atoms with Crippen molar-refractivity contribution in [3.63, 3.8) is 0 Å². The van der Waals surface area contributed by atoms with Crippen LogP contribution < -0.4 is 5.32 Å². The summed E-state index contributed by atoms with van der Waals surface area (Å²) in [7, 11) is 0. The van der Waals surface area contributed by atoms with Gasteiger partial charge >= 0.3 is 5.69 Å². The zero-order chi connectivity index (χ0) is 14.3. The van der Waals surface area contributed by atoms with E-state index in [1.165, 1.54) is 6.42 Å². The highest BCUT2D eigenvalue weighted by Crippen LogP contribution is 2.33. The molecule has 2 saturated heterocycles. The van der Waals surface area contributed by atoms with E-state index in [1.54, 1.807) is 6.92 Å². The molecule has 8 heteroatoms. The van der Waals surface area contributed by atoms with Gasteiger partial charge in [0, 0.05) is 18.6 Å². The molecule has 1 aromatic heterocycles. The number of nitrogens with zero attached hydrogens (tertiary/aromatic N) is 4. The van der Waals surface area contributed by atoms with Crippen LogP contribution in [0.2, 0.25) is 5.28 Å². The minimum atomic E-state index is -0.449. The van der Waals surface area contributed by atoms with E-state index >= 15 is 0 Å². The van der Waals surface area contributed by atoms with Gasteiger partial charge in [0.1, 0.15) is 5.69 Å². The number of nitro groups is 1. The molecule has 3 heterocycles. The van der Waals surface area contributed by atoms with E-state index < -0.39 is 4.92 Å². The molecule has 2 fully saturated rings. The molecule has 0 saturated carbocycles. The van der Waals surface area contributed by atoms with Crippen LogP contribution in [0.3, 0.4) is 0 Å². The summed E-state index contributed by atoms with van der Waals surface area (Å²) in [5.41, 5.74) is 0.213. The minimum absolute atomic E-state index is 0.0388. The second-order valence-electron chi connectivity index (χ2n) is 5.32. The number of hydrogen-bond donors (Lipinski definition) is 1. The molecule has 0 amide bonds. The maximum absolute atomic E-state index is 11.2. The number of halogens is 1.